The van der Waals surface area contributed by atoms with E-state index in [0.29, 0.717) is 11.7 Å². The highest BCUT2D eigenvalue weighted by molar-refractivity contribution is 5.88. The number of nitrogens with one attached hydrogen (secondary N) is 1. The molecule has 1 aliphatic carbocycles. The number of ketones is 1. The molecule has 20 heavy (non-hydrogen) atoms. The molecule has 1 saturated heterocycles. The Hall–Kier alpha value is -1.15. The van der Waals surface area contributed by atoms with Crippen molar-refractivity contribution in [3.8, 4) is 0 Å². The normalized spacial score (nSPS) is 28.0. The minimum Gasteiger partial charge on any atom is -0.317 e. The largest absolute Gasteiger partial charge is 0.317 e. The third-order valence-electron chi connectivity index (χ3n) is 5.37. The number of piperidine rings is 1. The van der Waals surface area contributed by atoms with Crippen LogP contribution in [0.15, 0.2) is 18.2 Å². The second kappa shape index (κ2) is 5.69. The highest BCUT2D eigenvalue weighted by atomic mass is 16.1. The summed E-state index contributed by atoms with van der Waals surface area (Å²) < 4.78 is 0. The number of hydrogen-bond donors (Lipinski definition) is 1. The predicted molar refractivity (Wildman–Crippen MR) is 82.0 cm³/mol. The molecule has 2 unspecified atom stereocenters. The van der Waals surface area contributed by atoms with Crippen LogP contribution in [0.1, 0.15) is 48.3 Å². The fourth-order valence-electron chi connectivity index (χ4n) is 3.90. The molecular weight excluding hydrogens is 246 g/mol. The van der Waals surface area contributed by atoms with Crippen LogP contribution < -0.4 is 5.32 Å². The molecule has 0 radical (unpaired) electrons. The van der Waals surface area contributed by atoms with Gasteiger partial charge in [-0.15, -0.1) is 0 Å². The average molecular weight is 271 g/mol. The maximum atomic E-state index is 12.4. The Bertz CT molecular complexity index is 502. The lowest BCUT2D eigenvalue weighted by atomic mass is 9.82. The van der Waals surface area contributed by atoms with Gasteiger partial charge >= 0.3 is 0 Å². The molecule has 2 nitrogen and oxygen atoms in total. The maximum Gasteiger partial charge on any atom is 0.140 e. The lowest BCUT2D eigenvalue weighted by Gasteiger charge is -2.27. The summed E-state index contributed by atoms with van der Waals surface area (Å²) >= 11 is 0. The van der Waals surface area contributed by atoms with Gasteiger partial charge in [-0.2, -0.15) is 0 Å². The van der Waals surface area contributed by atoms with E-state index in [1.165, 1.54) is 29.5 Å². The Kier molecular flexibility index (Phi) is 3.93. The summed E-state index contributed by atoms with van der Waals surface area (Å²) in [5, 5.41) is 3.42. The van der Waals surface area contributed by atoms with E-state index in [4.69, 9.17) is 0 Å². The molecular formula is C18H25NO. The van der Waals surface area contributed by atoms with Gasteiger partial charge < -0.3 is 5.32 Å². The van der Waals surface area contributed by atoms with E-state index in [2.05, 4.69) is 37.4 Å². The minimum absolute atomic E-state index is 0.161. The van der Waals surface area contributed by atoms with Gasteiger partial charge in [0.05, 0.1) is 0 Å². The lowest BCUT2D eigenvalue weighted by Crippen LogP contribution is -2.31. The molecule has 0 amide bonds. The van der Waals surface area contributed by atoms with Crippen molar-refractivity contribution >= 4 is 5.78 Å². The molecule has 1 N–H and O–H groups in total. The van der Waals surface area contributed by atoms with Crippen molar-refractivity contribution < 1.29 is 4.79 Å². The summed E-state index contributed by atoms with van der Waals surface area (Å²) in [6.45, 7) is 6.53. The van der Waals surface area contributed by atoms with Gasteiger partial charge in [-0.05, 0) is 74.7 Å². The molecule has 0 aromatic heterocycles. The van der Waals surface area contributed by atoms with Crippen LogP contribution in [0, 0.1) is 25.7 Å². The smallest absolute Gasteiger partial charge is 0.140 e. The lowest BCUT2D eigenvalue weighted by molar-refractivity contribution is -0.118. The average Bonchev–Trinajstić information content (AvgIpc) is 2.85. The van der Waals surface area contributed by atoms with Crippen molar-refractivity contribution in [1.82, 2.24) is 5.32 Å². The zero-order chi connectivity index (χ0) is 14.1. The van der Waals surface area contributed by atoms with Crippen molar-refractivity contribution in [2.24, 2.45) is 11.8 Å². The van der Waals surface area contributed by atoms with E-state index >= 15 is 0 Å². The van der Waals surface area contributed by atoms with Gasteiger partial charge in [0.15, 0.2) is 0 Å². The van der Waals surface area contributed by atoms with Crippen LogP contribution in [0.5, 0.6) is 0 Å². The zero-order valence-corrected chi connectivity index (χ0v) is 12.6. The van der Waals surface area contributed by atoms with Gasteiger partial charge in [0.1, 0.15) is 5.78 Å². The van der Waals surface area contributed by atoms with Gasteiger partial charge in [0.2, 0.25) is 0 Å². The van der Waals surface area contributed by atoms with Crippen LogP contribution in [-0.4, -0.2) is 18.9 Å². The van der Waals surface area contributed by atoms with E-state index in [0.717, 1.165) is 31.8 Å². The number of carbonyl (C=O) groups is 1. The maximum absolute atomic E-state index is 12.4. The van der Waals surface area contributed by atoms with Crippen molar-refractivity contribution in [2.75, 3.05) is 13.1 Å². The third kappa shape index (κ3) is 2.67. The van der Waals surface area contributed by atoms with Gasteiger partial charge in [-0.3, -0.25) is 4.79 Å². The van der Waals surface area contributed by atoms with Gasteiger partial charge in [-0.25, -0.2) is 0 Å². The fourth-order valence-corrected chi connectivity index (χ4v) is 3.90. The summed E-state index contributed by atoms with van der Waals surface area (Å²) in [4.78, 5) is 12.4. The second-order valence-electron chi connectivity index (χ2n) is 6.65. The summed E-state index contributed by atoms with van der Waals surface area (Å²) in [6, 6.07) is 6.55. The number of aryl methyl sites for hydroxylation is 2. The highest BCUT2D eigenvalue weighted by Gasteiger charge is 2.37. The quantitative estimate of drug-likeness (QED) is 0.893. The monoisotopic (exact) mass is 271 g/mol. The molecule has 0 spiro atoms. The summed E-state index contributed by atoms with van der Waals surface area (Å²) in [7, 11) is 0. The molecule has 1 aliphatic heterocycles. The first-order chi connectivity index (χ1) is 9.65. The fraction of sp³-hybridized carbons (Fsp3) is 0.611. The third-order valence-corrected chi connectivity index (χ3v) is 5.37. The van der Waals surface area contributed by atoms with Gasteiger partial charge in [0, 0.05) is 12.3 Å². The Morgan fingerprint density at radius 1 is 1.05 bits per heavy atom. The zero-order valence-electron chi connectivity index (χ0n) is 12.6. The van der Waals surface area contributed by atoms with Crippen LogP contribution in [0.25, 0.3) is 0 Å². The number of carbonyl (C=O) groups excluding carboxylic acids is 1. The molecule has 2 fully saturated rings. The van der Waals surface area contributed by atoms with Crippen LogP contribution in [0.4, 0.5) is 0 Å². The van der Waals surface area contributed by atoms with Crippen LogP contribution >= 0.6 is 0 Å². The molecule has 108 valence electrons. The van der Waals surface area contributed by atoms with Crippen LogP contribution in [0.2, 0.25) is 0 Å². The number of benzene rings is 1. The first-order valence-electron chi connectivity index (χ1n) is 7.95. The molecule has 1 aromatic carbocycles. The van der Waals surface area contributed by atoms with Crippen molar-refractivity contribution in [3.63, 3.8) is 0 Å². The molecule has 3 rings (SSSR count). The Balaban J connectivity index is 1.74. The first-order valence-corrected chi connectivity index (χ1v) is 7.95. The predicted octanol–water partition coefficient (Wildman–Crippen LogP) is 3.37. The number of Topliss-reactive ketones (excluding diaryl/α,β-unsaturated/α-hetero) is 1. The summed E-state index contributed by atoms with van der Waals surface area (Å²) in [5.41, 5.74) is 3.87. The standard InChI is InChI=1S/C18H25NO/c1-12-3-4-15(9-13(12)2)17-10-16(11-18(17)20)14-5-7-19-8-6-14/h3-4,9,14,16-17,19H,5-8,10-11H2,1-2H3. The topological polar surface area (TPSA) is 29.1 Å². The van der Waals surface area contributed by atoms with Crippen LogP contribution in [0.3, 0.4) is 0 Å². The molecule has 2 atom stereocenters. The van der Waals surface area contributed by atoms with Gasteiger partial charge in [-0.1, -0.05) is 18.2 Å². The second-order valence-corrected chi connectivity index (χ2v) is 6.65. The van der Waals surface area contributed by atoms with E-state index in [-0.39, 0.29) is 5.92 Å². The molecule has 1 saturated carbocycles. The van der Waals surface area contributed by atoms with Crippen molar-refractivity contribution in [1.29, 1.82) is 0 Å². The van der Waals surface area contributed by atoms with E-state index in [9.17, 15) is 4.79 Å². The Morgan fingerprint density at radius 3 is 2.50 bits per heavy atom. The molecule has 2 heteroatoms. The van der Waals surface area contributed by atoms with Crippen molar-refractivity contribution in [3.05, 3.63) is 34.9 Å². The van der Waals surface area contributed by atoms with E-state index in [1.807, 2.05) is 0 Å². The molecule has 1 aromatic rings. The van der Waals surface area contributed by atoms with Gasteiger partial charge in [0.25, 0.3) is 0 Å². The minimum atomic E-state index is 0.161. The molecule has 1 heterocycles. The SMILES string of the molecule is Cc1ccc(C2CC(C3CCNCC3)CC2=O)cc1C. The number of rotatable bonds is 2. The molecule has 0 bridgehead atoms. The summed E-state index contributed by atoms with van der Waals surface area (Å²) in [5.74, 6) is 2.01. The van der Waals surface area contributed by atoms with Crippen LogP contribution in [-0.2, 0) is 4.79 Å². The van der Waals surface area contributed by atoms with Crippen molar-refractivity contribution in [2.45, 2.75) is 45.4 Å². The number of hydrogen-bond acceptors (Lipinski definition) is 2. The molecule has 2 aliphatic rings. The van der Waals surface area contributed by atoms with E-state index in [1.54, 1.807) is 0 Å². The first kappa shape index (κ1) is 13.8. The Morgan fingerprint density at radius 2 is 1.80 bits per heavy atom. The Labute approximate surface area is 122 Å². The van der Waals surface area contributed by atoms with E-state index < -0.39 is 0 Å². The summed E-state index contributed by atoms with van der Waals surface area (Å²) in [6.07, 6.45) is 4.38. The highest BCUT2D eigenvalue weighted by Crippen LogP contribution is 2.41.